The van der Waals surface area contributed by atoms with Crippen molar-refractivity contribution in [3.8, 4) is 11.5 Å². The van der Waals surface area contributed by atoms with Crippen LogP contribution in [-0.4, -0.2) is 45.9 Å². The number of hydrogen-bond donors (Lipinski definition) is 2. The van der Waals surface area contributed by atoms with E-state index < -0.39 is 6.10 Å². The molecule has 2 atom stereocenters. The summed E-state index contributed by atoms with van der Waals surface area (Å²) in [6.45, 7) is 3.82. The first-order valence-corrected chi connectivity index (χ1v) is 7.00. The number of methoxy groups -OCH3 is 2. The van der Waals surface area contributed by atoms with Crippen molar-refractivity contribution >= 4 is 5.91 Å². The molecule has 116 valence electrons. The van der Waals surface area contributed by atoms with E-state index in [0.29, 0.717) is 24.7 Å². The van der Waals surface area contributed by atoms with Crippen LogP contribution in [-0.2, 0) is 9.53 Å². The van der Waals surface area contributed by atoms with Gasteiger partial charge in [-0.05, 0) is 24.6 Å². The van der Waals surface area contributed by atoms with E-state index in [9.17, 15) is 4.79 Å². The topological polar surface area (TPSA) is 68.8 Å². The maximum Gasteiger partial charge on any atom is 0.250 e. The van der Waals surface area contributed by atoms with Crippen LogP contribution in [0.2, 0.25) is 0 Å². The Balaban J connectivity index is 2.02. The number of rotatable bonds is 5. The molecule has 0 bridgehead atoms. The number of ether oxygens (including phenoxy) is 3. The third-order valence-corrected chi connectivity index (χ3v) is 3.49. The van der Waals surface area contributed by atoms with E-state index in [1.807, 2.05) is 25.1 Å². The Morgan fingerprint density at radius 3 is 2.76 bits per heavy atom. The first kappa shape index (κ1) is 15.6. The van der Waals surface area contributed by atoms with E-state index >= 15 is 0 Å². The molecule has 1 heterocycles. The van der Waals surface area contributed by atoms with Crippen molar-refractivity contribution in [3.05, 3.63) is 23.8 Å². The number of amides is 1. The van der Waals surface area contributed by atoms with Gasteiger partial charge in [-0.2, -0.15) is 0 Å². The van der Waals surface area contributed by atoms with Gasteiger partial charge in [-0.3, -0.25) is 4.79 Å². The summed E-state index contributed by atoms with van der Waals surface area (Å²) in [5.41, 5.74) is 0.949. The molecule has 1 amide bonds. The van der Waals surface area contributed by atoms with Crippen LogP contribution in [0, 0.1) is 0 Å². The fourth-order valence-corrected chi connectivity index (χ4v) is 2.25. The molecule has 1 aliphatic heterocycles. The Morgan fingerprint density at radius 1 is 1.38 bits per heavy atom. The number of hydrogen-bond acceptors (Lipinski definition) is 5. The van der Waals surface area contributed by atoms with Crippen molar-refractivity contribution in [2.24, 2.45) is 0 Å². The fraction of sp³-hybridized carbons (Fsp3) is 0.533. The van der Waals surface area contributed by atoms with E-state index in [1.54, 1.807) is 14.2 Å². The molecule has 2 unspecified atom stereocenters. The molecule has 0 radical (unpaired) electrons. The minimum Gasteiger partial charge on any atom is -0.493 e. The average Bonchev–Trinajstić information content (AvgIpc) is 2.54. The van der Waals surface area contributed by atoms with E-state index in [-0.39, 0.29) is 11.9 Å². The van der Waals surface area contributed by atoms with Crippen LogP contribution in [0.5, 0.6) is 11.5 Å². The standard InChI is InChI=1S/C15H22N2O4/c1-10(17-15(18)14-9-16-6-7-21-14)11-4-5-12(19-2)13(8-11)20-3/h4-5,8,10,14,16H,6-7,9H2,1-3H3,(H,17,18). The lowest BCUT2D eigenvalue weighted by Crippen LogP contribution is -2.48. The molecule has 1 aromatic rings. The van der Waals surface area contributed by atoms with Gasteiger partial charge in [0.15, 0.2) is 11.5 Å². The molecule has 0 spiro atoms. The van der Waals surface area contributed by atoms with Crippen molar-refractivity contribution in [1.82, 2.24) is 10.6 Å². The van der Waals surface area contributed by atoms with Gasteiger partial charge in [-0.1, -0.05) is 6.07 Å². The SMILES string of the molecule is COc1ccc(C(C)NC(=O)C2CNCCO2)cc1OC. The molecule has 0 aromatic heterocycles. The predicted octanol–water partition coefficient (Wildman–Crippen LogP) is 0.869. The second kappa shape index (κ2) is 7.28. The van der Waals surface area contributed by atoms with Gasteiger partial charge in [0.05, 0.1) is 26.9 Å². The summed E-state index contributed by atoms with van der Waals surface area (Å²) in [7, 11) is 3.18. The van der Waals surface area contributed by atoms with Crippen molar-refractivity contribution in [2.45, 2.75) is 19.1 Å². The quantitative estimate of drug-likeness (QED) is 0.843. The van der Waals surface area contributed by atoms with Crippen LogP contribution in [0.15, 0.2) is 18.2 Å². The van der Waals surface area contributed by atoms with Crippen LogP contribution in [0.1, 0.15) is 18.5 Å². The molecular formula is C15H22N2O4. The van der Waals surface area contributed by atoms with Crippen LogP contribution < -0.4 is 20.1 Å². The van der Waals surface area contributed by atoms with E-state index in [2.05, 4.69) is 10.6 Å². The molecule has 6 nitrogen and oxygen atoms in total. The summed E-state index contributed by atoms with van der Waals surface area (Å²) in [5.74, 6) is 1.20. The minimum absolute atomic E-state index is 0.107. The Morgan fingerprint density at radius 2 is 2.14 bits per heavy atom. The van der Waals surface area contributed by atoms with E-state index in [4.69, 9.17) is 14.2 Å². The first-order chi connectivity index (χ1) is 10.2. The van der Waals surface area contributed by atoms with Crippen LogP contribution in [0.4, 0.5) is 0 Å². The zero-order valence-corrected chi connectivity index (χ0v) is 12.6. The van der Waals surface area contributed by atoms with E-state index in [1.165, 1.54) is 0 Å². The van der Waals surface area contributed by atoms with Gasteiger partial charge >= 0.3 is 0 Å². The zero-order chi connectivity index (χ0) is 15.2. The highest BCUT2D eigenvalue weighted by Crippen LogP contribution is 2.29. The summed E-state index contributed by atoms with van der Waals surface area (Å²) in [6.07, 6.45) is -0.429. The molecule has 2 rings (SSSR count). The molecule has 21 heavy (non-hydrogen) atoms. The summed E-state index contributed by atoms with van der Waals surface area (Å²) >= 11 is 0. The highest BCUT2D eigenvalue weighted by Gasteiger charge is 2.23. The Labute approximate surface area is 124 Å². The highest BCUT2D eigenvalue weighted by molar-refractivity contribution is 5.81. The van der Waals surface area contributed by atoms with Crippen LogP contribution in [0.3, 0.4) is 0 Å². The highest BCUT2D eigenvalue weighted by atomic mass is 16.5. The molecular weight excluding hydrogens is 272 g/mol. The molecule has 6 heteroatoms. The van der Waals surface area contributed by atoms with E-state index in [0.717, 1.165) is 12.1 Å². The third-order valence-electron chi connectivity index (χ3n) is 3.49. The summed E-state index contributed by atoms with van der Waals surface area (Å²) < 4.78 is 15.9. The summed E-state index contributed by atoms with van der Waals surface area (Å²) in [6, 6.07) is 5.47. The zero-order valence-electron chi connectivity index (χ0n) is 12.6. The smallest absolute Gasteiger partial charge is 0.250 e. The van der Waals surface area contributed by atoms with Crippen LogP contribution in [0.25, 0.3) is 0 Å². The second-order valence-electron chi connectivity index (χ2n) is 4.91. The van der Waals surface area contributed by atoms with Crippen molar-refractivity contribution in [3.63, 3.8) is 0 Å². The second-order valence-corrected chi connectivity index (χ2v) is 4.91. The van der Waals surface area contributed by atoms with Gasteiger partial charge < -0.3 is 24.8 Å². The number of nitrogens with one attached hydrogen (secondary N) is 2. The van der Waals surface area contributed by atoms with Crippen molar-refractivity contribution < 1.29 is 19.0 Å². The molecule has 1 aromatic carbocycles. The molecule has 0 saturated carbocycles. The van der Waals surface area contributed by atoms with Gasteiger partial charge in [0, 0.05) is 13.1 Å². The van der Waals surface area contributed by atoms with Crippen molar-refractivity contribution in [2.75, 3.05) is 33.9 Å². The van der Waals surface area contributed by atoms with Crippen LogP contribution >= 0.6 is 0 Å². The van der Waals surface area contributed by atoms with Gasteiger partial charge in [-0.15, -0.1) is 0 Å². The summed E-state index contributed by atoms with van der Waals surface area (Å²) in [5, 5.41) is 6.09. The van der Waals surface area contributed by atoms with Crippen molar-refractivity contribution in [1.29, 1.82) is 0 Å². The maximum absolute atomic E-state index is 12.1. The first-order valence-electron chi connectivity index (χ1n) is 7.00. The Hall–Kier alpha value is -1.79. The lowest BCUT2D eigenvalue weighted by Gasteiger charge is -2.25. The largest absolute Gasteiger partial charge is 0.493 e. The number of morpholine rings is 1. The van der Waals surface area contributed by atoms with Gasteiger partial charge in [0.25, 0.3) is 5.91 Å². The van der Waals surface area contributed by atoms with Gasteiger partial charge in [0.1, 0.15) is 6.10 Å². The summed E-state index contributed by atoms with van der Waals surface area (Å²) in [4.78, 5) is 12.1. The number of carbonyl (C=O) groups excluding carboxylic acids is 1. The normalized spacial score (nSPS) is 19.7. The molecule has 1 saturated heterocycles. The third kappa shape index (κ3) is 3.86. The molecule has 1 fully saturated rings. The fourth-order valence-electron chi connectivity index (χ4n) is 2.25. The monoisotopic (exact) mass is 294 g/mol. The lowest BCUT2D eigenvalue weighted by molar-refractivity contribution is -0.134. The Kier molecular flexibility index (Phi) is 5.41. The molecule has 0 aliphatic carbocycles. The number of benzene rings is 1. The average molecular weight is 294 g/mol. The van der Waals surface area contributed by atoms with Gasteiger partial charge in [0.2, 0.25) is 0 Å². The molecule has 2 N–H and O–H groups in total. The Bertz CT molecular complexity index is 487. The van der Waals surface area contributed by atoms with Gasteiger partial charge in [-0.25, -0.2) is 0 Å². The predicted molar refractivity (Wildman–Crippen MR) is 78.7 cm³/mol. The lowest BCUT2D eigenvalue weighted by atomic mass is 10.1. The maximum atomic E-state index is 12.1. The minimum atomic E-state index is -0.429. The molecule has 1 aliphatic rings. The number of carbonyl (C=O) groups is 1.